The molecule has 0 aliphatic carbocycles. The van der Waals surface area contributed by atoms with Crippen molar-refractivity contribution < 1.29 is 17.9 Å². The lowest BCUT2D eigenvalue weighted by atomic mass is 10.2. The fraction of sp³-hybridized carbons (Fsp3) is 0.269. The number of nitrogens with zero attached hydrogens (tertiary/aromatic N) is 2. The summed E-state index contributed by atoms with van der Waals surface area (Å²) in [4.78, 5) is 14.7. The van der Waals surface area contributed by atoms with Crippen LogP contribution in [0.2, 0.25) is 5.02 Å². The highest BCUT2D eigenvalue weighted by Gasteiger charge is 2.27. The van der Waals surface area contributed by atoms with E-state index in [1.165, 1.54) is 16.4 Å². The minimum absolute atomic E-state index is 0.0125. The zero-order valence-electron chi connectivity index (χ0n) is 19.4. The number of hydrogen-bond donors (Lipinski definition) is 0. The largest absolute Gasteiger partial charge is 0.461 e. The molecular weight excluding hydrogens is 472 g/mol. The number of hydrogen-bond acceptors (Lipinski definition) is 5. The van der Waals surface area contributed by atoms with Gasteiger partial charge in [-0.15, -0.1) is 0 Å². The van der Waals surface area contributed by atoms with Crippen LogP contribution in [0.4, 0.5) is 5.69 Å². The molecule has 0 aliphatic rings. The van der Waals surface area contributed by atoms with E-state index in [-0.39, 0.29) is 23.6 Å². The number of likely N-dealkylation sites (N-methyl/N-ethyl adjacent to an activating group) is 1. The SMILES string of the molecule is CCN(CC)CCOC(=O)c1cccc(S(=O)(=O)N(Cc2ccccc2)c2ccccc2Cl)c1. The van der Waals surface area contributed by atoms with Crippen molar-refractivity contribution >= 4 is 33.3 Å². The molecule has 0 bridgehead atoms. The fourth-order valence-corrected chi connectivity index (χ4v) is 5.31. The van der Waals surface area contributed by atoms with E-state index in [2.05, 4.69) is 4.90 Å². The second-order valence-electron chi connectivity index (χ2n) is 7.64. The minimum atomic E-state index is -4.04. The number of esters is 1. The van der Waals surface area contributed by atoms with Crippen molar-refractivity contribution in [2.75, 3.05) is 30.5 Å². The molecular formula is C26H29ClN2O4S. The number of carbonyl (C=O) groups excluding carboxylic acids is 1. The van der Waals surface area contributed by atoms with E-state index < -0.39 is 16.0 Å². The normalized spacial score (nSPS) is 11.4. The molecule has 0 aliphatic heterocycles. The average molecular weight is 501 g/mol. The Labute approximate surface area is 206 Å². The van der Waals surface area contributed by atoms with E-state index in [1.807, 2.05) is 44.2 Å². The smallest absolute Gasteiger partial charge is 0.338 e. The molecule has 0 radical (unpaired) electrons. The number of benzene rings is 3. The molecule has 180 valence electrons. The molecule has 0 aromatic heterocycles. The molecule has 3 aromatic carbocycles. The molecule has 6 nitrogen and oxygen atoms in total. The molecule has 0 fully saturated rings. The van der Waals surface area contributed by atoms with Crippen molar-refractivity contribution in [2.24, 2.45) is 0 Å². The van der Waals surface area contributed by atoms with E-state index in [0.29, 0.717) is 17.3 Å². The lowest BCUT2D eigenvalue weighted by Crippen LogP contribution is -2.31. The summed E-state index contributed by atoms with van der Waals surface area (Å²) < 4.78 is 34.1. The Morgan fingerprint density at radius 2 is 1.59 bits per heavy atom. The van der Waals surface area contributed by atoms with Crippen LogP contribution in [-0.2, 0) is 21.3 Å². The van der Waals surface area contributed by atoms with Gasteiger partial charge in [-0.25, -0.2) is 13.2 Å². The first-order chi connectivity index (χ1) is 16.4. The maximum Gasteiger partial charge on any atom is 0.338 e. The zero-order valence-corrected chi connectivity index (χ0v) is 20.9. The van der Waals surface area contributed by atoms with Gasteiger partial charge in [0.05, 0.1) is 27.7 Å². The fourth-order valence-electron chi connectivity index (χ4n) is 3.50. The number of ether oxygens (including phenoxy) is 1. The molecule has 0 heterocycles. The van der Waals surface area contributed by atoms with Crippen LogP contribution >= 0.6 is 11.6 Å². The molecule has 34 heavy (non-hydrogen) atoms. The Bertz CT molecular complexity index is 1200. The van der Waals surface area contributed by atoms with Crippen LogP contribution in [-0.4, -0.2) is 45.5 Å². The van der Waals surface area contributed by atoms with Crippen molar-refractivity contribution in [2.45, 2.75) is 25.3 Å². The first-order valence-electron chi connectivity index (χ1n) is 11.2. The predicted molar refractivity (Wildman–Crippen MR) is 136 cm³/mol. The molecule has 3 rings (SSSR count). The highest BCUT2D eigenvalue weighted by molar-refractivity contribution is 7.92. The lowest BCUT2D eigenvalue weighted by molar-refractivity contribution is 0.0466. The van der Waals surface area contributed by atoms with Gasteiger partial charge in [0.1, 0.15) is 6.61 Å². The van der Waals surface area contributed by atoms with Gasteiger partial charge in [-0.1, -0.05) is 74.0 Å². The predicted octanol–water partition coefficient (Wildman–Crippen LogP) is 5.23. The average Bonchev–Trinajstić information content (AvgIpc) is 2.86. The number of para-hydroxylation sites is 1. The van der Waals surface area contributed by atoms with E-state index in [0.717, 1.165) is 18.7 Å². The maximum absolute atomic E-state index is 13.8. The van der Waals surface area contributed by atoms with Crippen molar-refractivity contribution in [3.05, 3.63) is 95.0 Å². The number of carbonyl (C=O) groups is 1. The van der Waals surface area contributed by atoms with Gasteiger partial charge in [0.15, 0.2) is 0 Å². The summed E-state index contributed by atoms with van der Waals surface area (Å²) in [7, 11) is -4.04. The Morgan fingerprint density at radius 1 is 0.912 bits per heavy atom. The third-order valence-corrected chi connectivity index (χ3v) is 7.56. The summed E-state index contributed by atoms with van der Waals surface area (Å²) in [5.41, 5.74) is 1.35. The highest BCUT2D eigenvalue weighted by atomic mass is 35.5. The standard InChI is InChI=1S/C26H29ClN2O4S/c1-3-28(4-2)17-18-33-26(30)22-13-10-14-23(19-22)34(31,32)29(20-21-11-6-5-7-12-21)25-16-9-8-15-24(25)27/h5-16,19H,3-4,17-18,20H2,1-2H3. The third kappa shape index (κ3) is 6.38. The number of halogens is 1. The monoisotopic (exact) mass is 500 g/mol. The van der Waals surface area contributed by atoms with E-state index >= 15 is 0 Å². The van der Waals surface area contributed by atoms with Gasteiger partial charge in [-0.2, -0.15) is 0 Å². The van der Waals surface area contributed by atoms with Crippen molar-refractivity contribution in [3.63, 3.8) is 0 Å². The van der Waals surface area contributed by atoms with Crippen molar-refractivity contribution in [3.8, 4) is 0 Å². The molecule has 0 saturated carbocycles. The number of sulfonamides is 1. The Balaban J connectivity index is 1.90. The summed E-state index contributed by atoms with van der Waals surface area (Å²) >= 11 is 6.38. The molecule has 8 heteroatoms. The summed E-state index contributed by atoms with van der Waals surface area (Å²) in [6, 6.07) is 22.0. The van der Waals surface area contributed by atoms with Gasteiger partial charge in [-0.3, -0.25) is 4.31 Å². The van der Waals surface area contributed by atoms with Crippen molar-refractivity contribution in [1.29, 1.82) is 0 Å². The van der Waals surface area contributed by atoms with Gasteiger partial charge in [0, 0.05) is 6.54 Å². The van der Waals surface area contributed by atoms with Crippen LogP contribution in [0.5, 0.6) is 0 Å². The summed E-state index contributed by atoms with van der Waals surface area (Å²) in [6.07, 6.45) is 0. The minimum Gasteiger partial charge on any atom is -0.461 e. The Hall–Kier alpha value is -2.87. The molecule has 0 N–H and O–H groups in total. The third-order valence-electron chi connectivity index (χ3n) is 5.48. The van der Waals surface area contributed by atoms with Crippen LogP contribution < -0.4 is 4.31 Å². The molecule has 0 amide bonds. The topological polar surface area (TPSA) is 66.9 Å². The highest BCUT2D eigenvalue weighted by Crippen LogP contribution is 2.32. The van der Waals surface area contributed by atoms with Crippen LogP contribution in [0.1, 0.15) is 29.8 Å². The van der Waals surface area contributed by atoms with Crippen molar-refractivity contribution in [1.82, 2.24) is 4.90 Å². The Kier molecular flexibility index (Phi) is 9.10. The van der Waals surface area contributed by atoms with Gasteiger partial charge in [0.25, 0.3) is 10.0 Å². The van der Waals surface area contributed by atoms with E-state index in [9.17, 15) is 13.2 Å². The second-order valence-corrected chi connectivity index (χ2v) is 9.91. The van der Waals surface area contributed by atoms with E-state index in [4.69, 9.17) is 16.3 Å². The molecule has 0 spiro atoms. The quantitative estimate of drug-likeness (QED) is 0.337. The summed E-state index contributed by atoms with van der Waals surface area (Å²) in [5.74, 6) is -0.559. The first kappa shape index (κ1) is 25.7. The summed E-state index contributed by atoms with van der Waals surface area (Å²) in [6.45, 7) is 6.75. The first-order valence-corrected chi connectivity index (χ1v) is 13.0. The van der Waals surface area contributed by atoms with E-state index in [1.54, 1.807) is 36.4 Å². The van der Waals surface area contributed by atoms with Crippen LogP contribution in [0.25, 0.3) is 0 Å². The van der Waals surface area contributed by atoms with Crippen LogP contribution in [0.15, 0.2) is 83.8 Å². The number of rotatable bonds is 11. The molecule has 0 atom stereocenters. The Morgan fingerprint density at radius 3 is 2.26 bits per heavy atom. The van der Waals surface area contributed by atoms with Gasteiger partial charge < -0.3 is 9.64 Å². The zero-order chi connectivity index (χ0) is 24.6. The maximum atomic E-state index is 13.8. The van der Waals surface area contributed by atoms with Gasteiger partial charge >= 0.3 is 5.97 Å². The molecule has 0 saturated heterocycles. The van der Waals surface area contributed by atoms with Gasteiger partial charge in [-0.05, 0) is 49.0 Å². The molecule has 0 unspecified atom stereocenters. The number of anilines is 1. The summed E-state index contributed by atoms with van der Waals surface area (Å²) in [5, 5.41) is 0.314. The van der Waals surface area contributed by atoms with Crippen LogP contribution in [0.3, 0.4) is 0 Å². The molecule has 3 aromatic rings. The van der Waals surface area contributed by atoms with Crippen LogP contribution in [0, 0.1) is 0 Å². The second kappa shape index (κ2) is 12.0. The lowest BCUT2D eigenvalue weighted by Gasteiger charge is -2.26. The van der Waals surface area contributed by atoms with Gasteiger partial charge in [0.2, 0.25) is 0 Å².